The zero-order chi connectivity index (χ0) is 27.5. The summed E-state index contributed by atoms with van der Waals surface area (Å²) in [5, 5.41) is 0.399. The Bertz CT molecular complexity index is 1460. The van der Waals surface area contributed by atoms with Crippen molar-refractivity contribution in [3.05, 3.63) is 90.5 Å². The molecule has 3 aliphatic heterocycles. The standard InChI is InChI=1S/C31H33N3O4S2/c35-30(20-38-27-9-5-2-6-10-27)32-31-34(28-21-40(36,37)22-29(28)39-31)26-13-11-25(12-14-26)33-17-15-24(16-18-33)19-23-7-3-1-4-8-23/h1-14,24,28-29H,15-22H2. The van der Waals surface area contributed by atoms with E-state index in [0.29, 0.717) is 16.8 Å². The monoisotopic (exact) mass is 575 g/mol. The smallest absolute Gasteiger partial charge is 0.285 e. The SMILES string of the molecule is O=C(COc1ccccc1)N=C1SC2CS(=O)(=O)CC2N1c1ccc(N2CCC(Cc3ccccc3)CC2)cc1. The Hall–Kier alpha value is -3.30. The second kappa shape index (κ2) is 11.7. The first kappa shape index (κ1) is 26.9. The van der Waals surface area contributed by atoms with Gasteiger partial charge in [-0.25, -0.2) is 8.42 Å². The van der Waals surface area contributed by atoms with Crippen LogP contribution in [-0.4, -0.2) is 62.0 Å². The zero-order valence-corrected chi connectivity index (χ0v) is 23.9. The van der Waals surface area contributed by atoms with Gasteiger partial charge in [0.05, 0.1) is 17.5 Å². The van der Waals surface area contributed by atoms with Gasteiger partial charge >= 0.3 is 0 Å². The van der Waals surface area contributed by atoms with Gasteiger partial charge in [-0.05, 0) is 67.1 Å². The van der Waals surface area contributed by atoms with Crippen molar-refractivity contribution in [3.63, 3.8) is 0 Å². The van der Waals surface area contributed by atoms with Crippen LogP contribution in [0.15, 0.2) is 89.9 Å². The van der Waals surface area contributed by atoms with Gasteiger partial charge in [0.2, 0.25) is 0 Å². The maximum absolute atomic E-state index is 12.7. The molecule has 0 radical (unpaired) electrons. The number of amidine groups is 1. The van der Waals surface area contributed by atoms with Crippen LogP contribution in [-0.2, 0) is 21.1 Å². The van der Waals surface area contributed by atoms with Crippen molar-refractivity contribution in [2.45, 2.75) is 30.6 Å². The molecule has 7 nitrogen and oxygen atoms in total. The van der Waals surface area contributed by atoms with Gasteiger partial charge in [-0.3, -0.25) is 4.79 Å². The van der Waals surface area contributed by atoms with Crippen molar-refractivity contribution in [1.29, 1.82) is 0 Å². The summed E-state index contributed by atoms with van der Waals surface area (Å²) in [7, 11) is -3.13. The predicted molar refractivity (Wildman–Crippen MR) is 162 cm³/mol. The number of piperidine rings is 1. The Morgan fingerprint density at radius 1 is 0.875 bits per heavy atom. The fourth-order valence-corrected chi connectivity index (χ4v) is 9.77. The molecule has 0 aliphatic carbocycles. The number of fused-ring (bicyclic) bond motifs is 1. The summed E-state index contributed by atoms with van der Waals surface area (Å²) in [5.74, 6) is 1.07. The molecule has 208 valence electrons. The topological polar surface area (TPSA) is 79.3 Å². The Morgan fingerprint density at radius 2 is 1.52 bits per heavy atom. The minimum Gasteiger partial charge on any atom is -0.484 e. The normalized spacial score (nSPS) is 23.4. The number of ether oxygens (including phenoxy) is 1. The van der Waals surface area contributed by atoms with E-state index in [1.165, 1.54) is 17.3 Å². The van der Waals surface area contributed by atoms with Crippen LogP contribution < -0.4 is 14.5 Å². The van der Waals surface area contributed by atoms with Gasteiger partial charge in [0.15, 0.2) is 21.6 Å². The second-order valence-electron chi connectivity index (χ2n) is 10.7. The molecule has 0 aromatic heterocycles. The summed E-state index contributed by atoms with van der Waals surface area (Å²) in [6.45, 7) is 1.86. The maximum atomic E-state index is 12.7. The average Bonchev–Trinajstić information content (AvgIpc) is 3.44. The lowest BCUT2D eigenvalue weighted by Gasteiger charge is -2.34. The number of sulfone groups is 1. The number of hydrogen-bond acceptors (Lipinski definition) is 6. The van der Waals surface area contributed by atoms with Crippen molar-refractivity contribution in [2.75, 3.05) is 41.0 Å². The summed E-state index contributed by atoms with van der Waals surface area (Å²) < 4.78 is 30.5. The molecule has 0 saturated carbocycles. The van der Waals surface area contributed by atoms with Crippen LogP contribution in [0.4, 0.5) is 11.4 Å². The Morgan fingerprint density at radius 3 is 2.23 bits per heavy atom. The predicted octanol–water partition coefficient (Wildman–Crippen LogP) is 4.83. The highest BCUT2D eigenvalue weighted by Gasteiger charge is 2.49. The molecule has 0 spiro atoms. The molecule has 0 N–H and O–H groups in total. The number of carbonyl (C=O) groups excluding carboxylic acids is 1. The summed E-state index contributed by atoms with van der Waals surface area (Å²) >= 11 is 1.38. The molecule has 3 saturated heterocycles. The van der Waals surface area contributed by atoms with Gasteiger partial charge in [-0.2, -0.15) is 4.99 Å². The quantitative estimate of drug-likeness (QED) is 0.400. The van der Waals surface area contributed by atoms with Crippen LogP contribution in [0.2, 0.25) is 0 Å². The first-order valence-corrected chi connectivity index (χ1v) is 16.5. The van der Waals surface area contributed by atoms with Crippen molar-refractivity contribution in [3.8, 4) is 5.75 Å². The van der Waals surface area contributed by atoms with E-state index in [0.717, 1.165) is 43.7 Å². The molecule has 1 amide bonds. The highest BCUT2D eigenvalue weighted by Crippen LogP contribution is 2.41. The van der Waals surface area contributed by atoms with Crippen molar-refractivity contribution in [1.82, 2.24) is 0 Å². The van der Waals surface area contributed by atoms with Gasteiger partial charge < -0.3 is 14.5 Å². The number of nitrogens with zero attached hydrogens (tertiary/aromatic N) is 3. The molecule has 2 atom stereocenters. The number of rotatable bonds is 7. The number of benzene rings is 3. The third-order valence-electron chi connectivity index (χ3n) is 7.87. The third kappa shape index (κ3) is 6.20. The largest absolute Gasteiger partial charge is 0.484 e. The van der Waals surface area contributed by atoms with Crippen molar-refractivity contribution < 1.29 is 17.9 Å². The molecular weight excluding hydrogens is 542 g/mol. The molecule has 3 heterocycles. The van der Waals surface area contributed by atoms with Gasteiger partial charge in [0, 0.05) is 29.7 Å². The van der Waals surface area contributed by atoms with E-state index in [-0.39, 0.29) is 29.4 Å². The number of aliphatic imine (C=N–C) groups is 1. The van der Waals surface area contributed by atoms with E-state index in [1.807, 2.05) is 35.2 Å². The van der Waals surface area contributed by atoms with Gasteiger partial charge in [-0.15, -0.1) is 0 Å². The number of para-hydroxylation sites is 1. The molecular formula is C31H33N3O4S2. The fraction of sp³-hybridized carbons (Fsp3) is 0.355. The summed E-state index contributed by atoms with van der Waals surface area (Å²) in [6.07, 6.45) is 3.44. The molecule has 9 heteroatoms. The number of hydrogen-bond donors (Lipinski definition) is 0. The molecule has 6 rings (SSSR count). The van der Waals surface area contributed by atoms with E-state index in [4.69, 9.17) is 4.74 Å². The van der Waals surface area contributed by atoms with E-state index in [9.17, 15) is 13.2 Å². The van der Waals surface area contributed by atoms with Crippen molar-refractivity contribution >= 4 is 44.0 Å². The number of anilines is 2. The lowest BCUT2D eigenvalue weighted by molar-refractivity contribution is -0.119. The van der Waals surface area contributed by atoms with Crippen LogP contribution in [0.5, 0.6) is 5.75 Å². The minimum atomic E-state index is -3.13. The molecule has 2 unspecified atom stereocenters. The fourth-order valence-electron chi connectivity index (χ4n) is 5.83. The first-order valence-electron chi connectivity index (χ1n) is 13.8. The van der Waals surface area contributed by atoms with Gasteiger partial charge in [0.25, 0.3) is 5.91 Å². The van der Waals surface area contributed by atoms with Crippen LogP contribution in [0.1, 0.15) is 18.4 Å². The zero-order valence-electron chi connectivity index (χ0n) is 22.3. The van der Waals surface area contributed by atoms with Crippen molar-refractivity contribution in [2.24, 2.45) is 10.9 Å². The lowest BCUT2D eigenvalue weighted by atomic mass is 9.90. The van der Waals surface area contributed by atoms with E-state index in [1.54, 1.807) is 12.1 Å². The molecule has 0 bridgehead atoms. The number of carbonyl (C=O) groups is 1. The van der Waals surface area contributed by atoms with Gasteiger partial charge in [0.1, 0.15) is 5.75 Å². The Balaban J connectivity index is 1.14. The van der Waals surface area contributed by atoms with Crippen LogP contribution >= 0.6 is 11.8 Å². The average molecular weight is 576 g/mol. The number of amides is 1. The maximum Gasteiger partial charge on any atom is 0.285 e. The molecule has 40 heavy (non-hydrogen) atoms. The lowest BCUT2D eigenvalue weighted by Crippen LogP contribution is -2.38. The highest BCUT2D eigenvalue weighted by atomic mass is 32.2. The van der Waals surface area contributed by atoms with E-state index >= 15 is 0 Å². The van der Waals surface area contributed by atoms with Crippen LogP contribution in [0.25, 0.3) is 0 Å². The summed E-state index contributed by atoms with van der Waals surface area (Å²) in [4.78, 5) is 21.5. The highest BCUT2D eigenvalue weighted by molar-refractivity contribution is 8.16. The van der Waals surface area contributed by atoms with Crippen LogP contribution in [0, 0.1) is 5.92 Å². The third-order valence-corrected chi connectivity index (χ3v) is 11.1. The second-order valence-corrected chi connectivity index (χ2v) is 14.1. The van der Waals surface area contributed by atoms with Crippen LogP contribution in [0.3, 0.4) is 0 Å². The Kier molecular flexibility index (Phi) is 7.85. The molecule has 3 aliphatic rings. The van der Waals surface area contributed by atoms with E-state index in [2.05, 4.69) is 52.4 Å². The van der Waals surface area contributed by atoms with Gasteiger partial charge in [-0.1, -0.05) is 60.3 Å². The van der Waals surface area contributed by atoms with E-state index < -0.39 is 15.7 Å². The minimum absolute atomic E-state index is 0.0646. The molecule has 3 fully saturated rings. The summed E-state index contributed by atoms with van der Waals surface area (Å²) in [6, 6.07) is 27.9. The molecule has 3 aromatic rings. The Labute approximate surface area is 240 Å². The first-order chi connectivity index (χ1) is 19.4. The summed E-state index contributed by atoms with van der Waals surface area (Å²) in [5.41, 5.74) is 3.43. The molecule has 3 aromatic carbocycles. The number of thioether (sulfide) groups is 1.